The summed E-state index contributed by atoms with van der Waals surface area (Å²) in [5, 5.41) is 23.6. The number of rotatable bonds is 7. The monoisotopic (exact) mass is 216 g/mol. The zero-order valence-electron chi connectivity index (χ0n) is 9.12. The van der Waals surface area contributed by atoms with Gasteiger partial charge >= 0.3 is 0 Å². The summed E-state index contributed by atoms with van der Waals surface area (Å²) in [5.41, 5.74) is -0.781. The number of hydrogen-bond donors (Lipinski definition) is 4. The highest BCUT2D eigenvalue weighted by atomic mass is 16.3. The lowest BCUT2D eigenvalue weighted by Crippen LogP contribution is -2.52. The topological polar surface area (TPSA) is 81.6 Å². The minimum Gasteiger partial charge on any atom is -0.394 e. The molecule has 5 nitrogen and oxygen atoms in total. The number of carbonyl (C=O) groups is 1. The summed E-state index contributed by atoms with van der Waals surface area (Å²) in [6.45, 7) is 2.15. The molecule has 1 fully saturated rings. The van der Waals surface area contributed by atoms with E-state index in [-0.39, 0.29) is 25.7 Å². The fourth-order valence-electron chi connectivity index (χ4n) is 1.10. The number of nitrogens with one attached hydrogen (secondary N) is 2. The molecule has 1 rings (SSSR count). The molecule has 0 aromatic heterocycles. The molecule has 0 bridgehead atoms. The van der Waals surface area contributed by atoms with Crippen LogP contribution in [0.25, 0.3) is 0 Å². The maximum Gasteiger partial charge on any atom is 0.233 e. The fourth-order valence-corrected chi connectivity index (χ4v) is 1.10. The average Bonchev–Trinajstić information content (AvgIpc) is 3.07. The van der Waals surface area contributed by atoms with E-state index in [0.717, 1.165) is 6.54 Å². The Kier molecular flexibility index (Phi) is 4.50. The first-order chi connectivity index (χ1) is 7.09. The second-order valence-electron chi connectivity index (χ2n) is 4.48. The Hall–Kier alpha value is -0.650. The summed E-state index contributed by atoms with van der Waals surface area (Å²) in [4.78, 5) is 11.3. The van der Waals surface area contributed by atoms with E-state index < -0.39 is 5.54 Å². The third kappa shape index (κ3) is 4.59. The van der Waals surface area contributed by atoms with Crippen LogP contribution in [-0.4, -0.2) is 48.0 Å². The second-order valence-corrected chi connectivity index (χ2v) is 4.48. The molecule has 1 aliphatic carbocycles. The molecule has 1 aliphatic rings. The first-order valence-corrected chi connectivity index (χ1v) is 5.33. The molecule has 0 saturated heterocycles. The predicted octanol–water partition coefficient (Wildman–Crippen LogP) is -1.15. The third-order valence-electron chi connectivity index (χ3n) is 2.66. The van der Waals surface area contributed by atoms with Crippen molar-refractivity contribution < 1.29 is 15.0 Å². The minimum atomic E-state index is -0.781. The van der Waals surface area contributed by atoms with Crippen LogP contribution in [0.4, 0.5) is 0 Å². The molecule has 0 aliphatic heterocycles. The van der Waals surface area contributed by atoms with Crippen LogP contribution < -0.4 is 10.6 Å². The van der Waals surface area contributed by atoms with Gasteiger partial charge in [-0.05, 0) is 25.7 Å². The van der Waals surface area contributed by atoms with Gasteiger partial charge < -0.3 is 15.5 Å². The normalized spacial score (nSPS) is 16.5. The summed E-state index contributed by atoms with van der Waals surface area (Å²) >= 11 is 0. The molecular weight excluding hydrogens is 196 g/mol. The molecule has 0 spiro atoms. The summed E-state index contributed by atoms with van der Waals surface area (Å²) in [7, 11) is 0. The SMILES string of the molecule is CC(CO)(CO)NCC(=O)NCC1CC1. The van der Waals surface area contributed by atoms with Crippen LogP contribution in [0, 0.1) is 5.92 Å². The zero-order valence-corrected chi connectivity index (χ0v) is 9.12. The number of amides is 1. The van der Waals surface area contributed by atoms with Gasteiger partial charge in [0, 0.05) is 6.54 Å². The van der Waals surface area contributed by atoms with E-state index in [0.29, 0.717) is 5.92 Å². The first-order valence-electron chi connectivity index (χ1n) is 5.33. The molecular formula is C10H20N2O3. The summed E-state index contributed by atoms with van der Waals surface area (Å²) < 4.78 is 0. The van der Waals surface area contributed by atoms with Crippen LogP contribution in [0.5, 0.6) is 0 Å². The van der Waals surface area contributed by atoms with Crippen molar-refractivity contribution in [3.8, 4) is 0 Å². The van der Waals surface area contributed by atoms with Gasteiger partial charge in [0.05, 0.1) is 25.3 Å². The lowest BCUT2D eigenvalue weighted by molar-refractivity contribution is -0.120. The van der Waals surface area contributed by atoms with Gasteiger partial charge in [0.25, 0.3) is 0 Å². The Labute approximate surface area is 89.9 Å². The molecule has 5 heteroatoms. The highest BCUT2D eigenvalue weighted by molar-refractivity contribution is 5.78. The minimum absolute atomic E-state index is 0.0879. The van der Waals surface area contributed by atoms with Crippen LogP contribution in [0.15, 0.2) is 0 Å². The smallest absolute Gasteiger partial charge is 0.233 e. The quantitative estimate of drug-likeness (QED) is 0.433. The van der Waals surface area contributed by atoms with Gasteiger partial charge in [-0.1, -0.05) is 0 Å². The molecule has 0 heterocycles. The van der Waals surface area contributed by atoms with Crippen LogP contribution in [0.2, 0.25) is 0 Å². The van der Waals surface area contributed by atoms with Gasteiger partial charge in [-0.25, -0.2) is 0 Å². The Morgan fingerprint density at radius 3 is 2.47 bits per heavy atom. The van der Waals surface area contributed by atoms with Crippen molar-refractivity contribution in [2.24, 2.45) is 5.92 Å². The number of carbonyl (C=O) groups excluding carboxylic acids is 1. The van der Waals surface area contributed by atoms with E-state index in [9.17, 15) is 4.79 Å². The largest absolute Gasteiger partial charge is 0.394 e. The molecule has 0 aromatic carbocycles. The lowest BCUT2D eigenvalue weighted by Gasteiger charge is -2.25. The van der Waals surface area contributed by atoms with Crippen molar-refractivity contribution in [3.63, 3.8) is 0 Å². The van der Waals surface area contributed by atoms with E-state index >= 15 is 0 Å². The van der Waals surface area contributed by atoms with Gasteiger partial charge in [-0.3, -0.25) is 10.1 Å². The van der Waals surface area contributed by atoms with Gasteiger partial charge in [-0.15, -0.1) is 0 Å². The van der Waals surface area contributed by atoms with E-state index in [4.69, 9.17) is 10.2 Å². The molecule has 0 unspecified atom stereocenters. The maximum atomic E-state index is 11.3. The Bertz CT molecular complexity index is 213. The van der Waals surface area contributed by atoms with E-state index in [2.05, 4.69) is 10.6 Å². The lowest BCUT2D eigenvalue weighted by atomic mass is 10.1. The van der Waals surface area contributed by atoms with Crippen LogP contribution in [-0.2, 0) is 4.79 Å². The Morgan fingerprint density at radius 1 is 1.40 bits per heavy atom. The van der Waals surface area contributed by atoms with Gasteiger partial charge in [0.2, 0.25) is 5.91 Å². The van der Waals surface area contributed by atoms with Crippen molar-refractivity contribution in [1.29, 1.82) is 0 Å². The fraction of sp³-hybridized carbons (Fsp3) is 0.900. The van der Waals surface area contributed by atoms with Crippen molar-refractivity contribution >= 4 is 5.91 Å². The van der Waals surface area contributed by atoms with Gasteiger partial charge in [0.15, 0.2) is 0 Å². The summed E-state index contributed by atoms with van der Waals surface area (Å²) in [6, 6.07) is 0. The number of aliphatic hydroxyl groups is 2. The molecule has 1 saturated carbocycles. The highest BCUT2D eigenvalue weighted by Gasteiger charge is 2.24. The summed E-state index contributed by atoms with van der Waals surface area (Å²) in [6.07, 6.45) is 2.41. The molecule has 4 N–H and O–H groups in total. The zero-order chi connectivity index (χ0) is 11.3. The Morgan fingerprint density at radius 2 is 2.00 bits per heavy atom. The van der Waals surface area contributed by atoms with Crippen molar-refractivity contribution in [2.75, 3.05) is 26.3 Å². The van der Waals surface area contributed by atoms with Crippen LogP contribution >= 0.6 is 0 Å². The molecule has 0 atom stereocenters. The van der Waals surface area contributed by atoms with Gasteiger partial charge in [-0.2, -0.15) is 0 Å². The highest BCUT2D eigenvalue weighted by Crippen LogP contribution is 2.27. The number of aliphatic hydroxyl groups excluding tert-OH is 2. The molecule has 1 amide bonds. The Balaban J connectivity index is 2.13. The predicted molar refractivity (Wildman–Crippen MR) is 56.3 cm³/mol. The van der Waals surface area contributed by atoms with E-state index in [1.807, 2.05) is 0 Å². The average molecular weight is 216 g/mol. The number of hydrogen-bond acceptors (Lipinski definition) is 4. The van der Waals surface area contributed by atoms with Gasteiger partial charge in [0.1, 0.15) is 0 Å². The van der Waals surface area contributed by atoms with Crippen LogP contribution in [0.3, 0.4) is 0 Å². The van der Waals surface area contributed by atoms with E-state index in [1.54, 1.807) is 6.92 Å². The van der Waals surface area contributed by atoms with Crippen molar-refractivity contribution in [3.05, 3.63) is 0 Å². The van der Waals surface area contributed by atoms with Crippen LogP contribution in [0.1, 0.15) is 19.8 Å². The molecule has 0 aromatic rings. The summed E-state index contributed by atoms with van der Waals surface area (Å²) in [5.74, 6) is 0.575. The molecule has 15 heavy (non-hydrogen) atoms. The maximum absolute atomic E-state index is 11.3. The molecule has 88 valence electrons. The third-order valence-corrected chi connectivity index (χ3v) is 2.66. The van der Waals surface area contributed by atoms with Crippen molar-refractivity contribution in [1.82, 2.24) is 10.6 Å². The van der Waals surface area contributed by atoms with E-state index in [1.165, 1.54) is 12.8 Å². The molecule has 0 radical (unpaired) electrons. The first kappa shape index (κ1) is 12.4. The van der Waals surface area contributed by atoms with Crippen molar-refractivity contribution in [2.45, 2.75) is 25.3 Å². The standard InChI is InChI=1S/C10H20N2O3/c1-10(6-13,7-14)12-5-9(15)11-4-8-2-3-8/h8,12-14H,2-7H2,1H3,(H,11,15). The second kappa shape index (κ2) is 5.44.